The third-order valence-electron chi connectivity index (χ3n) is 4.78. The molecule has 0 saturated carbocycles. The Morgan fingerprint density at radius 3 is 2.00 bits per heavy atom. The Balaban J connectivity index is 2.01. The van der Waals surface area contributed by atoms with Crippen LogP contribution in [0.1, 0.15) is 94.6 Å². The highest BCUT2D eigenvalue weighted by molar-refractivity contribution is 5.35. The Kier molecular flexibility index (Phi) is 5.94. The molecule has 106 valence electrons. The average Bonchev–Trinajstić information content (AvgIpc) is 2.46. The van der Waals surface area contributed by atoms with E-state index in [1.807, 2.05) is 0 Å². The lowest BCUT2D eigenvalue weighted by Crippen LogP contribution is -2.14. The van der Waals surface area contributed by atoms with Crippen molar-refractivity contribution in [3.8, 4) is 0 Å². The summed E-state index contributed by atoms with van der Waals surface area (Å²) in [6, 6.07) is 9.28. The predicted molar refractivity (Wildman–Crippen MR) is 84.8 cm³/mol. The van der Waals surface area contributed by atoms with Crippen molar-refractivity contribution in [3.05, 3.63) is 35.4 Å². The fourth-order valence-corrected chi connectivity index (χ4v) is 3.73. The van der Waals surface area contributed by atoms with E-state index in [-0.39, 0.29) is 0 Å². The topological polar surface area (TPSA) is 0 Å². The van der Waals surface area contributed by atoms with Crippen molar-refractivity contribution in [2.24, 2.45) is 0 Å². The van der Waals surface area contributed by atoms with E-state index >= 15 is 0 Å². The monoisotopic (exact) mass is 258 g/mol. The molecule has 0 radical (unpaired) electrons. The molecule has 1 aliphatic carbocycles. The zero-order chi connectivity index (χ0) is 13.5. The Bertz CT molecular complexity index is 366. The molecule has 2 rings (SSSR count). The van der Waals surface area contributed by atoms with Gasteiger partial charge in [0.25, 0.3) is 0 Å². The van der Waals surface area contributed by atoms with Gasteiger partial charge in [0, 0.05) is 0 Å². The first-order chi connectivity index (χ1) is 9.36. The van der Waals surface area contributed by atoms with Gasteiger partial charge in [-0.25, -0.2) is 0 Å². The van der Waals surface area contributed by atoms with Crippen molar-refractivity contribution in [3.63, 3.8) is 0 Å². The summed E-state index contributed by atoms with van der Waals surface area (Å²) in [4.78, 5) is 0. The highest BCUT2D eigenvalue weighted by atomic mass is 14.3. The van der Waals surface area contributed by atoms with Crippen molar-refractivity contribution >= 4 is 0 Å². The van der Waals surface area contributed by atoms with E-state index in [2.05, 4.69) is 38.1 Å². The molecule has 2 atom stereocenters. The van der Waals surface area contributed by atoms with E-state index in [9.17, 15) is 0 Å². The van der Waals surface area contributed by atoms with Crippen molar-refractivity contribution < 1.29 is 0 Å². The predicted octanol–water partition coefficient (Wildman–Crippen LogP) is 6.42. The third kappa shape index (κ3) is 3.84. The molecular weight excluding hydrogens is 228 g/mol. The van der Waals surface area contributed by atoms with Gasteiger partial charge in [-0.3, -0.25) is 0 Å². The van der Waals surface area contributed by atoms with Gasteiger partial charge in [0.05, 0.1) is 0 Å². The molecule has 0 bridgehead atoms. The van der Waals surface area contributed by atoms with E-state index in [0.29, 0.717) is 0 Å². The van der Waals surface area contributed by atoms with E-state index in [1.165, 1.54) is 57.8 Å². The lowest BCUT2D eigenvalue weighted by atomic mass is 9.73. The molecule has 0 saturated heterocycles. The summed E-state index contributed by atoms with van der Waals surface area (Å²) in [5.41, 5.74) is 3.36. The molecule has 19 heavy (non-hydrogen) atoms. The Labute approximate surface area is 119 Å². The molecule has 0 fully saturated rings. The summed E-state index contributed by atoms with van der Waals surface area (Å²) in [6.07, 6.45) is 12.6. The number of benzene rings is 1. The zero-order valence-corrected chi connectivity index (χ0v) is 12.8. The minimum atomic E-state index is 0.841. The van der Waals surface area contributed by atoms with Gasteiger partial charge in [-0.15, -0.1) is 0 Å². The van der Waals surface area contributed by atoms with Crippen molar-refractivity contribution in [1.29, 1.82) is 0 Å². The first-order valence-corrected chi connectivity index (χ1v) is 8.45. The molecule has 0 N–H and O–H groups in total. The van der Waals surface area contributed by atoms with Gasteiger partial charge in [-0.2, -0.15) is 0 Å². The van der Waals surface area contributed by atoms with Gasteiger partial charge in [0.15, 0.2) is 0 Å². The van der Waals surface area contributed by atoms with E-state index < -0.39 is 0 Å². The molecule has 0 aliphatic heterocycles. The number of fused-ring (bicyclic) bond motifs is 1. The molecule has 0 nitrogen and oxygen atoms in total. The lowest BCUT2D eigenvalue weighted by molar-refractivity contribution is 0.431. The van der Waals surface area contributed by atoms with Gasteiger partial charge < -0.3 is 0 Å². The number of hydrogen-bond donors (Lipinski definition) is 0. The molecule has 0 aromatic heterocycles. The molecule has 1 aromatic carbocycles. The van der Waals surface area contributed by atoms with Gasteiger partial charge in [-0.1, -0.05) is 70.2 Å². The molecule has 1 aliphatic rings. The van der Waals surface area contributed by atoms with Crippen LogP contribution < -0.4 is 0 Å². The second-order valence-electron chi connectivity index (χ2n) is 6.24. The average molecular weight is 258 g/mol. The van der Waals surface area contributed by atoms with Crippen molar-refractivity contribution in [1.82, 2.24) is 0 Å². The highest BCUT2D eigenvalue weighted by Crippen LogP contribution is 2.42. The largest absolute Gasteiger partial charge is 0.0654 e. The second kappa shape index (κ2) is 7.72. The van der Waals surface area contributed by atoms with Crippen LogP contribution in [0.3, 0.4) is 0 Å². The van der Waals surface area contributed by atoms with Gasteiger partial charge >= 0.3 is 0 Å². The smallest absolute Gasteiger partial charge is 0.0159 e. The van der Waals surface area contributed by atoms with E-state index in [0.717, 1.165) is 11.8 Å². The van der Waals surface area contributed by atoms with Gasteiger partial charge in [0.2, 0.25) is 0 Å². The summed E-state index contributed by atoms with van der Waals surface area (Å²) >= 11 is 0. The quantitative estimate of drug-likeness (QED) is 0.495. The summed E-state index contributed by atoms with van der Waals surface area (Å²) in [5, 5.41) is 0. The fraction of sp³-hybridized carbons (Fsp3) is 0.684. The minimum absolute atomic E-state index is 0.841. The van der Waals surface area contributed by atoms with Crippen LogP contribution in [0.4, 0.5) is 0 Å². The minimum Gasteiger partial charge on any atom is -0.0654 e. The van der Waals surface area contributed by atoms with Gasteiger partial charge in [-0.05, 0) is 48.6 Å². The van der Waals surface area contributed by atoms with Crippen LogP contribution in [0.25, 0.3) is 0 Å². The molecule has 0 heteroatoms. The standard InChI is InChI=1S/C19H30/c1-3-5-6-7-11-17-15-14-16(10-4-2)18-12-8-9-13-19(17)18/h8-9,12-13,16-17H,3-7,10-11,14-15H2,1-2H3. The second-order valence-corrected chi connectivity index (χ2v) is 6.24. The van der Waals surface area contributed by atoms with Crippen LogP contribution in [0.5, 0.6) is 0 Å². The van der Waals surface area contributed by atoms with E-state index in [1.54, 1.807) is 11.1 Å². The number of unbranched alkanes of at least 4 members (excludes halogenated alkanes) is 3. The summed E-state index contributed by atoms with van der Waals surface area (Å²) in [6.45, 7) is 4.62. The van der Waals surface area contributed by atoms with Crippen LogP contribution in [0.15, 0.2) is 24.3 Å². The Hall–Kier alpha value is -0.780. The first-order valence-electron chi connectivity index (χ1n) is 8.45. The summed E-state index contributed by atoms with van der Waals surface area (Å²) in [7, 11) is 0. The molecular formula is C19H30. The Morgan fingerprint density at radius 2 is 1.42 bits per heavy atom. The molecule has 2 unspecified atom stereocenters. The molecule has 1 aromatic rings. The molecule has 0 amide bonds. The van der Waals surface area contributed by atoms with Gasteiger partial charge in [0.1, 0.15) is 0 Å². The number of hydrogen-bond acceptors (Lipinski definition) is 0. The SMILES string of the molecule is CCCCCCC1CCC(CCC)c2ccccc21. The third-order valence-corrected chi connectivity index (χ3v) is 4.78. The maximum absolute atomic E-state index is 2.40. The maximum Gasteiger partial charge on any atom is -0.0159 e. The van der Waals surface area contributed by atoms with Crippen LogP contribution in [0.2, 0.25) is 0 Å². The Morgan fingerprint density at radius 1 is 0.789 bits per heavy atom. The summed E-state index contributed by atoms with van der Waals surface area (Å²) < 4.78 is 0. The van der Waals surface area contributed by atoms with E-state index in [4.69, 9.17) is 0 Å². The lowest BCUT2D eigenvalue weighted by Gasteiger charge is -2.31. The van der Waals surface area contributed by atoms with Crippen LogP contribution in [0, 0.1) is 0 Å². The van der Waals surface area contributed by atoms with Crippen molar-refractivity contribution in [2.75, 3.05) is 0 Å². The van der Waals surface area contributed by atoms with Crippen LogP contribution >= 0.6 is 0 Å². The normalized spacial score (nSPS) is 22.2. The van der Waals surface area contributed by atoms with Crippen LogP contribution in [-0.2, 0) is 0 Å². The first kappa shape index (κ1) is 14.6. The van der Waals surface area contributed by atoms with Crippen molar-refractivity contribution in [2.45, 2.75) is 83.5 Å². The number of rotatable bonds is 7. The summed E-state index contributed by atoms with van der Waals surface area (Å²) in [5.74, 6) is 1.69. The fourth-order valence-electron chi connectivity index (χ4n) is 3.73. The van der Waals surface area contributed by atoms with Crippen LogP contribution in [-0.4, -0.2) is 0 Å². The maximum atomic E-state index is 2.40. The molecule has 0 heterocycles. The zero-order valence-electron chi connectivity index (χ0n) is 12.8. The highest BCUT2D eigenvalue weighted by Gasteiger charge is 2.25. The molecule has 0 spiro atoms.